The van der Waals surface area contributed by atoms with Gasteiger partial charge >= 0.3 is 0 Å². The summed E-state index contributed by atoms with van der Waals surface area (Å²) in [5.74, 6) is 0. The molecule has 12 aromatic rings. The molecule has 0 radical (unpaired) electrons. The van der Waals surface area contributed by atoms with Crippen LogP contribution in [0.15, 0.2) is 241 Å². The third kappa shape index (κ3) is 5.88. The summed E-state index contributed by atoms with van der Waals surface area (Å²) >= 11 is 0. The van der Waals surface area contributed by atoms with Gasteiger partial charge in [0.2, 0.25) is 0 Å². The van der Waals surface area contributed by atoms with Gasteiger partial charge in [-0.1, -0.05) is 200 Å². The van der Waals surface area contributed by atoms with Crippen LogP contribution in [0.25, 0.3) is 98.8 Å². The first-order valence-corrected chi connectivity index (χ1v) is 21.3. The fourth-order valence-electron chi connectivity index (χ4n) is 9.67. The molecule has 0 spiro atoms. The summed E-state index contributed by atoms with van der Waals surface area (Å²) in [7, 11) is 0. The van der Waals surface area contributed by atoms with Gasteiger partial charge in [-0.2, -0.15) is 0 Å². The van der Waals surface area contributed by atoms with Gasteiger partial charge in [0, 0.05) is 33.3 Å². The van der Waals surface area contributed by atoms with Crippen molar-refractivity contribution < 1.29 is 4.42 Å². The Morgan fingerprint density at radius 1 is 0.274 bits per heavy atom. The number of benzene rings is 11. The molecule has 12 rings (SSSR count). The quantitative estimate of drug-likeness (QED) is 0.150. The van der Waals surface area contributed by atoms with Gasteiger partial charge < -0.3 is 9.32 Å². The van der Waals surface area contributed by atoms with Crippen molar-refractivity contribution in [2.45, 2.75) is 0 Å². The first kappa shape index (κ1) is 35.7. The van der Waals surface area contributed by atoms with E-state index in [1.807, 2.05) is 6.07 Å². The number of furan rings is 1. The summed E-state index contributed by atoms with van der Waals surface area (Å²) in [6.07, 6.45) is 0. The minimum atomic E-state index is 0.888. The van der Waals surface area contributed by atoms with E-state index in [9.17, 15) is 0 Å². The Morgan fingerprint density at radius 3 is 1.45 bits per heavy atom. The maximum atomic E-state index is 6.64. The largest absolute Gasteiger partial charge is 0.455 e. The summed E-state index contributed by atoms with van der Waals surface area (Å²) in [6, 6.07) is 85.4. The van der Waals surface area contributed by atoms with Crippen molar-refractivity contribution in [1.29, 1.82) is 0 Å². The highest BCUT2D eigenvalue weighted by Gasteiger charge is 2.22. The van der Waals surface area contributed by atoms with E-state index < -0.39 is 0 Å². The van der Waals surface area contributed by atoms with Gasteiger partial charge in [-0.25, -0.2) is 0 Å². The lowest BCUT2D eigenvalue weighted by atomic mass is 9.85. The first-order valence-electron chi connectivity index (χ1n) is 21.3. The predicted octanol–water partition coefficient (Wildman–Crippen LogP) is 17.2. The van der Waals surface area contributed by atoms with Crippen molar-refractivity contribution >= 4 is 71.3 Å². The smallest absolute Gasteiger partial charge is 0.143 e. The fourth-order valence-corrected chi connectivity index (χ4v) is 9.67. The molecule has 1 aromatic heterocycles. The minimum absolute atomic E-state index is 0.888. The van der Waals surface area contributed by atoms with Crippen LogP contribution in [-0.2, 0) is 0 Å². The topological polar surface area (TPSA) is 16.4 Å². The number of rotatable bonds is 7. The second-order valence-corrected chi connectivity index (χ2v) is 16.0. The molecule has 0 fully saturated rings. The van der Waals surface area contributed by atoms with E-state index in [2.05, 4.69) is 235 Å². The van der Waals surface area contributed by atoms with Gasteiger partial charge in [-0.3, -0.25) is 0 Å². The van der Waals surface area contributed by atoms with Crippen molar-refractivity contribution in [2.75, 3.05) is 4.90 Å². The fraction of sp³-hybridized carbons (Fsp3) is 0. The van der Waals surface area contributed by atoms with E-state index in [1.165, 1.54) is 65.7 Å². The van der Waals surface area contributed by atoms with Crippen molar-refractivity contribution in [3.63, 3.8) is 0 Å². The number of anilines is 3. The number of hydrogen-bond acceptors (Lipinski definition) is 2. The van der Waals surface area contributed by atoms with Gasteiger partial charge in [0.25, 0.3) is 0 Å². The normalized spacial score (nSPS) is 11.5. The van der Waals surface area contributed by atoms with Gasteiger partial charge in [-0.15, -0.1) is 0 Å². The van der Waals surface area contributed by atoms with E-state index in [1.54, 1.807) is 0 Å². The number of hydrogen-bond donors (Lipinski definition) is 0. The molecule has 290 valence electrons. The summed E-state index contributed by atoms with van der Waals surface area (Å²) in [6.45, 7) is 0. The van der Waals surface area contributed by atoms with Crippen LogP contribution < -0.4 is 4.90 Å². The molecule has 11 aromatic carbocycles. The van der Waals surface area contributed by atoms with Crippen LogP contribution in [0.4, 0.5) is 17.1 Å². The molecule has 0 atom stereocenters. The molecule has 0 saturated heterocycles. The molecular formula is C60H39NO. The SMILES string of the molecule is c1ccc(-c2c(-c3ccc(N(c4ccc(-c5cccc6ccccc56)cc4)c4ccccc4-c4cccc5c4oc4ccccc45)cc3)c3ccccc3c3ccccc23)cc1. The molecular weight excluding hydrogens is 751 g/mol. The van der Waals surface area contributed by atoms with Crippen LogP contribution in [0.2, 0.25) is 0 Å². The van der Waals surface area contributed by atoms with Gasteiger partial charge in [-0.05, 0) is 102 Å². The van der Waals surface area contributed by atoms with E-state index >= 15 is 0 Å². The van der Waals surface area contributed by atoms with E-state index in [-0.39, 0.29) is 0 Å². The highest BCUT2D eigenvalue weighted by Crippen LogP contribution is 2.48. The predicted molar refractivity (Wildman–Crippen MR) is 263 cm³/mol. The van der Waals surface area contributed by atoms with Crippen LogP contribution in [0.5, 0.6) is 0 Å². The molecule has 2 nitrogen and oxygen atoms in total. The molecule has 2 heteroatoms. The molecule has 0 N–H and O–H groups in total. The zero-order valence-corrected chi connectivity index (χ0v) is 33.9. The number of para-hydroxylation sites is 3. The van der Waals surface area contributed by atoms with E-state index in [4.69, 9.17) is 4.42 Å². The monoisotopic (exact) mass is 789 g/mol. The second kappa shape index (κ2) is 14.8. The zero-order valence-electron chi connectivity index (χ0n) is 33.9. The third-order valence-electron chi connectivity index (χ3n) is 12.5. The van der Waals surface area contributed by atoms with Crippen LogP contribution in [0.3, 0.4) is 0 Å². The second-order valence-electron chi connectivity index (χ2n) is 16.0. The zero-order chi connectivity index (χ0) is 41.0. The molecule has 0 bridgehead atoms. The van der Waals surface area contributed by atoms with Crippen molar-refractivity contribution in [3.8, 4) is 44.5 Å². The average molecular weight is 790 g/mol. The highest BCUT2D eigenvalue weighted by atomic mass is 16.3. The van der Waals surface area contributed by atoms with E-state index in [0.29, 0.717) is 0 Å². The highest BCUT2D eigenvalue weighted by molar-refractivity contribution is 6.21. The number of fused-ring (bicyclic) bond motifs is 7. The number of nitrogens with zero attached hydrogens (tertiary/aromatic N) is 1. The lowest BCUT2D eigenvalue weighted by Gasteiger charge is -2.28. The van der Waals surface area contributed by atoms with Crippen LogP contribution >= 0.6 is 0 Å². The Bertz CT molecular complexity index is 3610. The summed E-state index contributed by atoms with van der Waals surface area (Å²) in [5, 5.41) is 9.71. The Kier molecular flexibility index (Phi) is 8.53. The minimum Gasteiger partial charge on any atom is -0.455 e. The maximum absolute atomic E-state index is 6.64. The summed E-state index contributed by atoms with van der Waals surface area (Å²) in [4.78, 5) is 2.39. The molecule has 0 saturated carbocycles. The Balaban J connectivity index is 1.06. The maximum Gasteiger partial charge on any atom is 0.143 e. The van der Waals surface area contributed by atoms with Crippen LogP contribution in [0, 0.1) is 0 Å². The van der Waals surface area contributed by atoms with Crippen molar-refractivity contribution in [2.24, 2.45) is 0 Å². The Morgan fingerprint density at radius 2 is 0.742 bits per heavy atom. The van der Waals surface area contributed by atoms with Crippen LogP contribution in [0.1, 0.15) is 0 Å². The Labute approximate surface area is 360 Å². The molecule has 0 unspecified atom stereocenters. The Hall–Kier alpha value is -8.20. The van der Waals surface area contributed by atoms with Crippen molar-refractivity contribution in [1.82, 2.24) is 0 Å². The van der Waals surface area contributed by atoms with Crippen LogP contribution in [-0.4, -0.2) is 0 Å². The van der Waals surface area contributed by atoms with Gasteiger partial charge in [0.05, 0.1) is 5.69 Å². The van der Waals surface area contributed by atoms with E-state index in [0.717, 1.165) is 50.1 Å². The molecule has 0 aliphatic carbocycles. The molecule has 0 amide bonds. The first-order chi connectivity index (χ1) is 30.8. The lowest BCUT2D eigenvalue weighted by molar-refractivity contribution is 0.670. The standard InChI is InChI=1S/C60H39NO/c1-2-17-42(18-3-1)58-52-25-8-6-21-48(52)49-22-7-9-26-53(49)59(58)43-34-38-45(39-35-43)61(44-36-32-41(33-37-44)47-27-14-19-40-16-4-5-20-46(40)47)56-30-12-10-23-50(56)54-28-15-29-55-51-24-11-13-31-57(51)62-60(54)55/h1-39H. The van der Waals surface area contributed by atoms with Gasteiger partial charge in [0.1, 0.15) is 11.2 Å². The van der Waals surface area contributed by atoms with Crippen molar-refractivity contribution in [3.05, 3.63) is 237 Å². The molecule has 1 heterocycles. The lowest BCUT2D eigenvalue weighted by Crippen LogP contribution is -2.11. The summed E-state index contributed by atoms with van der Waals surface area (Å²) in [5.41, 5.74) is 14.4. The molecule has 62 heavy (non-hydrogen) atoms. The summed E-state index contributed by atoms with van der Waals surface area (Å²) < 4.78 is 6.64. The average Bonchev–Trinajstić information content (AvgIpc) is 3.74. The molecule has 0 aliphatic heterocycles. The third-order valence-corrected chi connectivity index (χ3v) is 12.5. The molecule has 0 aliphatic rings. The van der Waals surface area contributed by atoms with Gasteiger partial charge in [0.15, 0.2) is 0 Å².